The zero-order valence-corrected chi connectivity index (χ0v) is 15.7. The van der Waals surface area contributed by atoms with Crippen molar-refractivity contribution in [1.82, 2.24) is 20.1 Å². The van der Waals surface area contributed by atoms with Crippen molar-refractivity contribution in [3.8, 4) is 22.8 Å². The van der Waals surface area contributed by atoms with Crippen molar-refractivity contribution in [1.29, 1.82) is 0 Å². The molecule has 3 aromatic rings. The third-order valence-corrected chi connectivity index (χ3v) is 5.14. The number of benzene rings is 1. The number of fused-ring (bicyclic) bond motifs is 1. The Bertz CT molecular complexity index is 1020. The number of ether oxygens (including phenoxy) is 2. The van der Waals surface area contributed by atoms with Crippen LogP contribution in [0.3, 0.4) is 0 Å². The zero-order valence-electron chi connectivity index (χ0n) is 15.7. The Labute approximate surface area is 167 Å². The Morgan fingerprint density at radius 3 is 2.41 bits per heavy atom. The fourth-order valence-corrected chi connectivity index (χ4v) is 3.52. The Hall–Kier alpha value is -3.68. The molecule has 1 saturated heterocycles. The summed E-state index contributed by atoms with van der Waals surface area (Å²) in [5, 5.41) is 8.77. The van der Waals surface area contributed by atoms with Crippen LogP contribution in [0.5, 0.6) is 11.5 Å². The smallest absolute Gasteiger partial charge is 0.254 e. The van der Waals surface area contributed by atoms with E-state index >= 15 is 0 Å². The maximum atomic E-state index is 12.6. The van der Waals surface area contributed by atoms with E-state index in [-0.39, 0.29) is 12.7 Å². The second-order valence-electron chi connectivity index (χ2n) is 6.86. The lowest BCUT2D eigenvalue weighted by atomic mass is 10.1. The quantitative estimate of drug-likeness (QED) is 0.679. The van der Waals surface area contributed by atoms with Crippen LogP contribution in [0, 0.1) is 0 Å². The van der Waals surface area contributed by atoms with Crippen LogP contribution in [0.2, 0.25) is 0 Å². The van der Waals surface area contributed by atoms with Crippen LogP contribution in [0.1, 0.15) is 10.4 Å². The fraction of sp³-hybridized carbons (Fsp3) is 0.238. The molecular formula is C21H19N5O3. The third-order valence-electron chi connectivity index (χ3n) is 5.14. The van der Waals surface area contributed by atoms with Gasteiger partial charge < -0.3 is 19.3 Å². The van der Waals surface area contributed by atoms with Gasteiger partial charge >= 0.3 is 0 Å². The first-order valence-electron chi connectivity index (χ1n) is 9.46. The van der Waals surface area contributed by atoms with Gasteiger partial charge in [-0.15, -0.1) is 10.2 Å². The summed E-state index contributed by atoms with van der Waals surface area (Å²) in [6, 6.07) is 13.1. The number of hydrogen-bond donors (Lipinski definition) is 0. The molecule has 0 spiro atoms. The van der Waals surface area contributed by atoms with Gasteiger partial charge in [-0.2, -0.15) is 0 Å². The topological polar surface area (TPSA) is 80.7 Å². The minimum atomic E-state index is 0.0382. The van der Waals surface area contributed by atoms with Gasteiger partial charge in [0.25, 0.3) is 5.91 Å². The lowest BCUT2D eigenvalue weighted by Crippen LogP contribution is -2.49. The van der Waals surface area contributed by atoms with Gasteiger partial charge in [0.15, 0.2) is 17.3 Å². The number of anilines is 1. The molecule has 0 radical (unpaired) electrons. The van der Waals surface area contributed by atoms with Crippen molar-refractivity contribution in [3.05, 3.63) is 60.4 Å². The number of carbonyl (C=O) groups excluding carboxylic acids is 1. The maximum absolute atomic E-state index is 12.6. The molecule has 1 fully saturated rings. The van der Waals surface area contributed by atoms with Gasteiger partial charge in [-0.3, -0.25) is 9.78 Å². The number of amides is 1. The zero-order chi connectivity index (χ0) is 19.6. The van der Waals surface area contributed by atoms with Crippen LogP contribution >= 0.6 is 0 Å². The molecule has 0 bridgehead atoms. The first-order valence-corrected chi connectivity index (χ1v) is 9.46. The first-order chi connectivity index (χ1) is 14.3. The van der Waals surface area contributed by atoms with Gasteiger partial charge in [0.05, 0.1) is 5.69 Å². The molecule has 5 rings (SSSR count). The van der Waals surface area contributed by atoms with Gasteiger partial charge in [-0.1, -0.05) is 0 Å². The van der Waals surface area contributed by atoms with Gasteiger partial charge in [0, 0.05) is 49.7 Å². The third kappa shape index (κ3) is 3.44. The molecular weight excluding hydrogens is 370 g/mol. The average Bonchev–Trinajstić information content (AvgIpc) is 3.27. The van der Waals surface area contributed by atoms with E-state index in [1.54, 1.807) is 24.5 Å². The molecule has 0 N–H and O–H groups in total. The maximum Gasteiger partial charge on any atom is 0.254 e. The summed E-state index contributed by atoms with van der Waals surface area (Å²) in [6.45, 7) is 2.97. The van der Waals surface area contributed by atoms with E-state index in [2.05, 4.69) is 20.1 Å². The Balaban J connectivity index is 1.24. The molecule has 4 heterocycles. The second-order valence-corrected chi connectivity index (χ2v) is 6.86. The SMILES string of the molecule is O=C(c1ccncc1)N1CCN(c2ccc(-c3ccc4c(c3)OCO4)nn2)CC1. The summed E-state index contributed by atoms with van der Waals surface area (Å²) < 4.78 is 10.8. The highest BCUT2D eigenvalue weighted by atomic mass is 16.7. The van der Waals surface area contributed by atoms with Gasteiger partial charge in [-0.25, -0.2) is 0 Å². The molecule has 29 heavy (non-hydrogen) atoms. The van der Waals surface area contributed by atoms with Crippen LogP contribution in [0.15, 0.2) is 54.9 Å². The Morgan fingerprint density at radius 1 is 0.862 bits per heavy atom. The minimum Gasteiger partial charge on any atom is -0.454 e. The van der Waals surface area contributed by atoms with Crippen molar-refractivity contribution >= 4 is 11.7 Å². The molecule has 2 aliphatic heterocycles. The molecule has 8 nitrogen and oxygen atoms in total. The predicted molar refractivity (Wildman–Crippen MR) is 106 cm³/mol. The van der Waals surface area contributed by atoms with Crippen molar-refractivity contribution in [3.63, 3.8) is 0 Å². The van der Waals surface area contributed by atoms with E-state index in [1.165, 1.54) is 0 Å². The van der Waals surface area contributed by atoms with E-state index in [1.807, 2.05) is 35.2 Å². The van der Waals surface area contributed by atoms with Crippen molar-refractivity contribution in [2.24, 2.45) is 0 Å². The van der Waals surface area contributed by atoms with Gasteiger partial charge in [0.2, 0.25) is 6.79 Å². The van der Waals surface area contributed by atoms with E-state index in [9.17, 15) is 4.79 Å². The van der Waals surface area contributed by atoms with Crippen LogP contribution in [0.4, 0.5) is 5.82 Å². The number of piperazine rings is 1. The number of pyridine rings is 1. The van der Waals surface area contributed by atoms with E-state index in [0.29, 0.717) is 18.7 Å². The minimum absolute atomic E-state index is 0.0382. The summed E-state index contributed by atoms with van der Waals surface area (Å²) in [5.74, 6) is 2.32. The highest BCUT2D eigenvalue weighted by molar-refractivity contribution is 5.94. The Kier molecular flexibility index (Phi) is 4.44. The second kappa shape index (κ2) is 7.38. The van der Waals surface area contributed by atoms with Crippen molar-refractivity contribution < 1.29 is 14.3 Å². The number of carbonyl (C=O) groups is 1. The summed E-state index contributed by atoms with van der Waals surface area (Å²) in [7, 11) is 0. The molecule has 0 saturated carbocycles. The number of rotatable bonds is 3. The molecule has 0 unspecified atom stereocenters. The van der Waals surface area contributed by atoms with Gasteiger partial charge in [0.1, 0.15) is 0 Å². The highest BCUT2D eigenvalue weighted by Gasteiger charge is 2.23. The lowest BCUT2D eigenvalue weighted by molar-refractivity contribution is 0.0746. The van der Waals surface area contributed by atoms with E-state index in [0.717, 1.165) is 41.7 Å². The molecule has 1 aromatic carbocycles. The number of aromatic nitrogens is 3. The van der Waals surface area contributed by atoms with Crippen LogP contribution in [-0.4, -0.2) is 59.0 Å². The molecule has 146 valence electrons. The van der Waals surface area contributed by atoms with Crippen LogP contribution < -0.4 is 14.4 Å². The largest absolute Gasteiger partial charge is 0.454 e. The van der Waals surface area contributed by atoms with E-state index < -0.39 is 0 Å². The van der Waals surface area contributed by atoms with Crippen LogP contribution in [-0.2, 0) is 0 Å². The molecule has 0 atom stereocenters. The van der Waals surface area contributed by atoms with Crippen LogP contribution in [0.25, 0.3) is 11.3 Å². The average molecular weight is 389 g/mol. The summed E-state index contributed by atoms with van der Waals surface area (Å²) in [4.78, 5) is 20.5. The van der Waals surface area contributed by atoms with Crippen molar-refractivity contribution in [2.45, 2.75) is 0 Å². The Morgan fingerprint density at radius 2 is 1.66 bits per heavy atom. The molecule has 0 aliphatic carbocycles. The summed E-state index contributed by atoms with van der Waals surface area (Å²) in [5.41, 5.74) is 2.38. The first kappa shape index (κ1) is 17.4. The molecule has 2 aromatic heterocycles. The van der Waals surface area contributed by atoms with E-state index in [4.69, 9.17) is 9.47 Å². The fourth-order valence-electron chi connectivity index (χ4n) is 3.52. The highest BCUT2D eigenvalue weighted by Crippen LogP contribution is 2.35. The predicted octanol–water partition coefficient (Wildman–Crippen LogP) is 2.23. The lowest BCUT2D eigenvalue weighted by Gasteiger charge is -2.35. The summed E-state index contributed by atoms with van der Waals surface area (Å²) >= 11 is 0. The number of hydrogen-bond acceptors (Lipinski definition) is 7. The normalized spacial score (nSPS) is 15.4. The monoisotopic (exact) mass is 389 g/mol. The molecule has 2 aliphatic rings. The standard InChI is InChI=1S/C21H19N5O3/c27-21(15-5-7-22-8-6-15)26-11-9-25(10-12-26)20-4-2-17(23-24-20)16-1-3-18-19(13-16)29-14-28-18/h1-8,13H,9-12,14H2. The van der Waals surface area contributed by atoms with Crippen molar-refractivity contribution in [2.75, 3.05) is 37.9 Å². The van der Waals surface area contributed by atoms with Gasteiger partial charge in [-0.05, 0) is 42.5 Å². The molecule has 8 heteroatoms. The number of nitrogens with zero attached hydrogens (tertiary/aromatic N) is 5. The molecule has 1 amide bonds. The summed E-state index contributed by atoms with van der Waals surface area (Å²) in [6.07, 6.45) is 3.28.